The molecule has 0 radical (unpaired) electrons. The van der Waals surface area contributed by atoms with Crippen LogP contribution in [0.4, 0.5) is 5.95 Å². The highest BCUT2D eigenvalue weighted by Gasteiger charge is 2.13. The molecule has 1 fully saturated rings. The summed E-state index contributed by atoms with van der Waals surface area (Å²) in [6.45, 7) is 4.59. The summed E-state index contributed by atoms with van der Waals surface area (Å²) >= 11 is 0. The summed E-state index contributed by atoms with van der Waals surface area (Å²) in [6.07, 6.45) is 9.17. The van der Waals surface area contributed by atoms with Gasteiger partial charge in [-0.05, 0) is 26.7 Å². The maximum Gasteiger partial charge on any atom is 0.226 e. The van der Waals surface area contributed by atoms with Gasteiger partial charge >= 0.3 is 0 Å². The van der Waals surface area contributed by atoms with Crippen LogP contribution < -0.4 is 10.1 Å². The fourth-order valence-electron chi connectivity index (χ4n) is 2.61. The number of rotatable bonds is 4. The number of nitrogens with zero attached hydrogens (tertiary/aromatic N) is 2. The van der Waals surface area contributed by atoms with Gasteiger partial charge in [-0.2, -0.15) is 4.98 Å². The van der Waals surface area contributed by atoms with Crippen LogP contribution in [0.1, 0.15) is 57.6 Å². The van der Waals surface area contributed by atoms with Gasteiger partial charge < -0.3 is 10.1 Å². The Bertz CT molecular complexity index is 387. The minimum atomic E-state index is 0.511. The SMILES string of the molecule is CCOc1cc(C)nc(NC2CCCCCCC2)n1. The van der Waals surface area contributed by atoms with E-state index in [2.05, 4.69) is 15.3 Å². The van der Waals surface area contributed by atoms with Crippen LogP contribution in [0.5, 0.6) is 5.88 Å². The number of ether oxygens (including phenoxy) is 1. The Labute approximate surface area is 116 Å². The Morgan fingerprint density at radius 1 is 1.16 bits per heavy atom. The van der Waals surface area contributed by atoms with Gasteiger partial charge in [0.1, 0.15) is 0 Å². The first-order valence-corrected chi connectivity index (χ1v) is 7.53. The van der Waals surface area contributed by atoms with Crippen molar-refractivity contribution in [1.82, 2.24) is 9.97 Å². The number of nitrogens with one attached hydrogen (secondary N) is 1. The van der Waals surface area contributed by atoms with Crippen molar-refractivity contribution in [3.05, 3.63) is 11.8 Å². The highest BCUT2D eigenvalue weighted by Crippen LogP contribution is 2.20. The van der Waals surface area contributed by atoms with E-state index in [1.807, 2.05) is 19.9 Å². The van der Waals surface area contributed by atoms with E-state index in [1.165, 1.54) is 44.9 Å². The molecule has 1 aliphatic rings. The van der Waals surface area contributed by atoms with Crippen LogP contribution in [0, 0.1) is 6.92 Å². The molecule has 1 aromatic rings. The van der Waals surface area contributed by atoms with Gasteiger partial charge in [-0.25, -0.2) is 4.98 Å². The first kappa shape index (κ1) is 14.1. The van der Waals surface area contributed by atoms with E-state index in [-0.39, 0.29) is 0 Å². The van der Waals surface area contributed by atoms with Gasteiger partial charge in [-0.15, -0.1) is 0 Å². The molecule has 1 heterocycles. The molecule has 0 bridgehead atoms. The second-order valence-corrected chi connectivity index (χ2v) is 5.29. The van der Waals surface area contributed by atoms with Gasteiger partial charge in [0, 0.05) is 17.8 Å². The third kappa shape index (κ3) is 4.69. The van der Waals surface area contributed by atoms with E-state index in [1.54, 1.807) is 0 Å². The van der Waals surface area contributed by atoms with Crippen LogP contribution >= 0.6 is 0 Å². The molecule has 0 aliphatic heterocycles. The van der Waals surface area contributed by atoms with Crippen molar-refractivity contribution < 1.29 is 4.74 Å². The summed E-state index contributed by atoms with van der Waals surface area (Å²) in [5, 5.41) is 3.49. The third-order valence-corrected chi connectivity index (χ3v) is 3.56. The molecule has 4 nitrogen and oxygen atoms in total. The van der Waals surface area contributed by atoms with Crippen LogP contribution in [0.2, 0.25) is 0 Å². The number of aromatic nitrogens is 2. The Hall–Kier alpha value is -1.32. The lowest BCUT2D eigenvalue weighted by Crippen LogP contribution is -2.22. The van der Waals surface area contributed by atoms with Gasteiger partial charge in [0.15, 0.2) is 0 Å². The van der Waals surface area contributed by atoms with Crippen molar-refractivity contribution >= 4 is 5.95 Å². The molecular weight excluding hydrogens is 238 g/mol. The molecule has 0 unspecified atom stereocenters. The van der Waals surface area contributed by atoms with Gasteiger partial charge in [0.25, 0.3) is 0 Å². The quantitative estimate of drug-likeness (QED) is 0.899. The molecule has 1 aliphatic carbocycles. The number of aryl methyl sites for hydroxylation is 1. The predicted octanol–water partition coefficient (Wildman–Crippen LogP) is 3.71. The Kier molecular flexibility index (Phi) is 5.43. The van der Waals surface area contributed by atoms with Crippen LogP contribution in [-0.4, -0.2) is 22.6 Å². The van der Waals surface area contributed by atoms with E-state index in [9.17, 15) is 0 Å². The lowest BCUT2D eigenvalue weighted by molar-refractivity contribution is 0.326. The van der Waals surface area contributed by atoms with Gasteiger partial charge in [-0.1, -0.05) is 32.1 Å². The van der Waals surface area contributed by atoms with Crippen LogP contribution in [0.15, 0.2) is 6.07 Å². The number of hydrogen-bond acceptors (Lipinski definition) is 4. The highest BCUT2D eigenvalue weighted by atomic mass is 16.5. The fourth-order valence-corrected chi connectivity index (χ4v) is 2.61. The van der Waals surface area contributed by atoms with Crippen molar-refractivity contribution in [2.24, 2.45) is 0 Å². The minimum Gasteiger partial charge on any atom is -0.478 e. The molecule has 1 N–H and O–H groups in total. The van der Waals surface area contributed by atoms with Crippen molar-refractivity contribution in [3.63, 3.8) is 0 Å². The largest absolute Gasteiger partial charge is 0.478 e. The average molecular weight is 263 g/mol. The summed E-state index contributed by atoms with van der Waals surface area (Å²) in [4.78, 5) is 8.89. The van der Waals surface area contributed by atoms with Crippen LogP contribution in [-0.2, 0) is 0 Å². The maximum absolute atomic E-state index is 5.47. The Morgan fingerprint density at radius 2 is 1.84 bits per heavy atom. The lowest BCUT2D eigenvalue weighted by atomic mass is 9.97. The second-order valence-electron chi connectivity index (χ2n) is 5.29. The molecule has 0 atom stereocenters. The van der Waals surface area contributed by atoms with E-state index >= 15 is 0 Å². The van der Waals surface area contributed by atoms with Crippen molar-refractivity contribution in [2.75, 3.05) is 11.9 Å². The van der Waals surface area contributed by atoms with Crippen molar-refractivity contribution in [3.8, 4) is 5.88 Å². The molecular formula is C15H25N3O. The van der Waals surface area contributed by atoms with E-state index < -0.39 is 0 Å². The fraction of sp³-hybridized carbons (Fsp3) is 0.733. The van der Waals surface area contributed by atoms with Crippen LogP contribution in [0.3, 0.4) is 0 Å². The van der Waals surface area contributed by atoms with Crippen LogP contribution in [0.25, 0.3) is 0 Å². The molecule has 4 heteroatoms. The Balaban J connectivity index is 1.99. The topological polar surface area (TPSA) is 47.0 Å². The van der Waals surface area contributed by atoms with Crippen molar-refractivity contribution in [2.45, 2.75) is 64.8 Å². The van der Waals surface area contributed by atoms with Gasteiger partial charge in [0.05, 0.1) is 6.61 Å². The first-order valence-electron chi connectivity index (χ1n) is 7.53. The number of anilines is 1. The summed E-state index contributed by atoms with van der Waals surface area (Å²) in [5.41, 5.74) is 0.951. The lowest BCUT2D eigenvalue weighted by Gasteiger charge is -2.21. The number of hydrogen-bond donors (Lipinski definition) is 1. The zero-order valence-corrected chi connectivity index (χ0v) is 12.1. The summed E-state index contributed by atoms with van der Waals surface area (Å²) in [7, 11) is 0. The molecule has 0 saturated heterocycles. The monoisotopic (exact) mass is 263 g/mol. The molecule has 0 spiro atoms. The zero-order valence-electron chi connectivity index (χ0n) is 12.1. The summed E-state index contributed by atoms with van der Waals surface area (Å²) < 4.78 is 5.47. The smallest absolute Gasteiger partial charge is 0.226 e. The second kappa shape index (κ2) is 7.31. The molecule has 0 aromatic carbocycles. The van der Waals surface area contributed by atoms with Crippen molar-refractivity contribution in [1.29, 1.82) is 0 Å². The maximum atomic E-state index is 5.47. The average Bonchev–Trinajstić information content (AvgIpc) is 2.32. The minimum absolute atomic E-state index is 0.511. The summed E-state index contributed by atoms with van der Waals surface area (Å²) in [5.74, 6) is 1.39. The summed E-state index contributed by atoms with van der Waals surface area (Å²) in [6, 6.07) is 2.39. The zero-order chi connectivity index (χ0) is 13.5. The molecule has 1 saturated carbocycles. The molecule has 19 heavy (non-hydrogen) atoms. The molecule has 106 valence electrons. The standard InChI is InChI=1S/C15H25N3O/c1-3-19-14-11-12(2)16-15(18-14)17-13-9-7-5-4-6-8-10-13/h11,13H,3-10H2,1-2H3,(H,16,17,18). The molecule has 1 aromatic heterocycles. The third-order valence-electron chi connectivity index (χ3n) is 3.56. The first-order chi connectivity index (χ1) is 9.28. The Morgan fingerprint density at radius 3 is 2.53 bits per heavy atom. The van der Waals surface area contributed by atoms with E-state index in [4.69, 9.17) is 4.74 Å². The molecule has 0 amide bonds. The van der Waals surface area contributed by atoms with E-state index in [0.717, 1.165) is 5.69 Å². The van der Waals surface area contributed by atoms with Gasteiger partial charge in [0.2, 0.25) is 11.8 Å². The highest BCUT2D eigenvalue weighted by molar-refractivity contribution is 5.31. The molecule has 2 rings (SSSR count). The van der Waals surface area contributed by atoms with E-state index in [0.29, 0.717) is 24.5 Å². The predicted molar refractivity (Wildman–Crippen MR) is 77.7 cm³/mol. The van der Waals surface area contributed by atoms with Gasteiger partial charge in [-0.3, -0.25) is 0 Å². The normalized spacial score (nSPS) is 17.6.